The Morgan fingerprint density at radius 2 is 2.26 bits per heavy atom. The fraction of sp³-hybridized carbons (Fsp3) is 0.429. The van der Waals surface area contributed by atoms with Gasteiger partial charge in [-0.3, -0.25) is 9.59 Å². The Balaban J connectivity index is 2.01. The molecule has 1 unspecified atom stereocenters. The SMILES string of the molecule is CCOc1ccccc1C(=O)NC1CCC(=O)NC1. The van der Waals surface area contributed by atoms with E-state index in [-0.39, 0.29) is 17.9 Å². The predicted octanol–water partition coefficient (Wildman–Crippen LogP) is 1.09. The third kappa shape index (κ3) is 3.47. The summed E-state index contributed by atoms with van der Waals surface area (Å²) in [5.74, 6) is 0.466. The van der Waals surface area contributed by atoms with Gasteiger partial charge >= 0.3 is 0 Å². The highest BCUT2D eigenvalue weighted by Crippen LogP contribution is 2.18. The predicted molar refractivity (Wildman–Crippen MR) is 71.1 cm³/mol. The van der Waals surface area contributed by atoms with E-state index in [1.54, 1.807) is 18.2 Å². The number of ether oxygens (including phenoxy) is 1. The molecule has 0 aromatic heterocycles. The van der Waals surface area contributed by atoms with Crippen LogP contribution in [0.2, 0.25) is 0 Å². The number of carbonyl (C=O) groups excluding carboxylic acids is 2. The van der Waals surface area contributed by atoms with Gasteiger partial charge in [0.05, 0.1) is 12.2 Å². The minimum atomic E-state index is -0.162. The first-order chi connectivity index (χ1) is 9.20. The lowest BCUT2D eigenvalue weighted by Gasteiger charge is -2.23. The number of piperidine rings is 1. The molecule has 19 heavy (non-hydrogen) atoms. The zero-order valence-electron chi connectivity index (χ0n) is 10.9. The Kier molecular flexibility index (Phi) is 4.39. The van der Waals surface area contributed by atoms with Crippen LogP contribution in [0, 0.1) is 0 Å². The van der Waals surface area contributed by atoms with Crippen LogP contribution in [0.25, 0.3) is 0 Å². The van der Waals surface area contributed by atoms with Crippen LogP contribution in [0.1, 0.15) is 30.1 Å². The zero-order chi connectivity index (χ0) is 13.7. The number of carbonyl (C=O) groups is 2. The highest BCUT2D eigenvalue weighted by Gasteiger charge is 2.21. The Morgan fingerprint density at radius 3 is 2.95 bits per heavy atom. The molecule has 2 rings (SSSR count). The van der Waals surface area contributed by atoms with E-state index in [0.29, 0.717) is 37.3 Å². The molecule has 1 aliphatic rings. The van der Waals surface area contributed by atoms with Crippen LogP contribution in [0.3, 0.4) is 0 Å². The second-order valence-corrected chi connectivity index (χ2v) is 4.44. The third-order valence-electron chi connectivity index (χ3n) is 3.03. The molecule has 1 aromatic carbocycles. The van der Waals surface area contributed by atoms with E-state index >= 15 is 0 Å². The second kappa shape index (κ2) is 6.22. The van der Waals surface area contributed by atoms with Gasteiger partial charge in [-0.05, 0) is 25.5 Å². The second-order valence-electron chi connectivity index (χ2n) is 4.44. The summed E-state index contributed by atoms with van der Waals surface area (Å²) in [7, 11) is 0. The smallest absolute Gasteiger partial charge is 0.255 e. The van der Waals surface area contributed by atoms with Gasteiger partial charge in [0.15, 0.2) is 0 Å². The van der Waals surface area contributed by atoms with Crippen LogP contribution in [0.5, 0.6) is 5.75 Å². The van der Waals surface area contributed by atoms with Crippen LogP contribution in [0.4, 0.5) is 0 Å². The molecule has 0 spiro atoms. The van der Waals surface area contributed by atoms with Crippen molar-refractivity contribution in [3.8, 4) is 5.75 Å². The molecule has 1 fully saturated rings. The summed E-state index contributed by atoms with van der Waals surface area (Å²) >= 11 is 0. The number of benzene rings is 1. The molecule has 1 aromatic rings. The van der Waals surface area contributed by atoms with E-state index < -0.39 is 0 Å². The minimum Gasteiger partial charge on any atom is -0.493 e. The Labute approximate surface area is 112 Å². The van der Waals surface area contributed by atoms with E-state index in [2.05, 4.69) is 10.6 Å². The standard InChI is InChI=1S/C14H18N2O3/c1-2-19-12-6-4-3-5-11(12)14(18)16-10-7-8-13(17)15-9-10/h3-6,10H,2,7-9H2,1H3,(H,15,17)(H,16,18). The molecule has 1 heterocycles. The Hall–Kier alpha value is -2.04. The topological polar surface area (TPSA) is 67.4 Å². The van der Waals surface area contributed by atoms with E-state index in [1.165, 1.54) is 0 Å². The van der Waals surface area contributed by atoms with Gasteiger partial charge < -0.3 is 15.4 Å². The maximum Gasteiger partial charge on any atom is 0.255 e. The number of amides is 2. The molecule has 0 bridgehead atoms. The summed E-state index contributed by atoms with van der Waals surface area (Å²) in [6.45, 7) is 2.89. The van der Waals surface area contributed by atoms with E-state index in [0.717, 1.165) is 0 Å². The number of para-hydroxylation sites is 1. The van der Waals surface area contributed by atoms with Crippen molar-refractivity contribution >= 4 is 11.8 Å². The minimum absolute atomic E-state index is 0.0140. The molecule has 0 aliphatic carbocycles. The molecule has 0 saturated carbocycles. The van der Waals surface area contributed by atoms with Gasteiger partial charge in [0.2, 0.25) is 5.91 Å². The molecule has 5 nitrogen and oxygen atoms in total. The fourth-order valence-corrected chi connectivity index (χ4v) is 2.05. The molecule has 5 heteroatoms. The summed E-state index contributed by atoms with van der Waals surface area (Å²) in [6.07, 6.45) is 1.13. The molecule has 0 radical (unpaired) electrons. The van der Waals surface area contributed by atoms with Crippen LogP contribution >= 0.6 is 0 Å². The van der Waals surface area contributed by atoms with Crippen molar-refractivity contribution in [3.63, 3.8) is 0 Å². The molecule has 1 atom stereocenters. The number of hydrogen-bond acceptors (Lipinski definition) is 3. The maximum atomic E-state index is 12.2. The molecular weight excluding hydrogens is 244 g/mol. The first-order valence-corrected chi connectivity index (χ1v) is 6.50. The van der Waals surface area contributed by atoms with Gasteiger partial charge in [-0.2, -0.15) is 0 Å². The Morgan fingerprint density at radius 1 is 1.47 bits per heavy atom. The fourth-order valence-electron chi connectivity index (χ4n) is 2.05. The summed E-state index contributed by atoms with van der Waals surface area (Å²) in [4.78, 5) is 23.2. The van der Waals surface area contributed by atoms with E-state index in [4.69, 9.17) is 4.74 Å². The van der Waals surface area contributed by atoms with Crippen LogP contribution < -0.4 is 15.4 Å². The number of hydrogen-bond donors (Lipinski definition) is 2. The van der Waals surface area contributed by atoms with Crippen molar-refractivity contribution in [2.24, 2.45) is 0 Å². The molecule has 1 aliphatic heterocycles. The quantitative estimate of drug-likeness (QED) is 0.853. The van der Waals surface area contributed by atoms with Crippen LogP contribution in [-0.2, 0) is 4.79 Å². The summed E-state index contributed by atoms with van der Waals surface area (Å²) < 4.78 is 5.43. The number of nitrogens with one attached hydrogen (secondary N) is 2. The normalized spacial score (nSPS) is 18.6. The molecular formula is C14H18N2O3. The summed E-state index contributed by atoms with van der Waals surface area (Å²) in [6, 6.07) is 7.14. The van der Waals surface area contributed by atoms with Gasteiger partial charge in [-0.15, -0.1) is 0 Å². The monoisotopic (exact) mass is 262 g/mol. The lowest BCUT2D eigenvalue weighted by atomic mass is 10.1. The van der Waals surface area contributed by atoms with Crippen molar-refractivity contribution in [2.75, 3.05) is 13.2 Å². The van der Waals surface area contributed by atoms with Crippen molar-refractivity contribution in [2.45, 2.75) is 25.8 Å². The van der Waals surface area contributed by atoms with E-state index in [9.17, 15) is 9.59 Å². The van der Waals surface area contributed by atoms with Gasteiger partial charge in [-0.25, -0.2) is 0 Å². The Bertz CT molecular complexity index is 464. The lowest BCUT2D eigenvalue weighted by molar-refractivity contribution is -0.122. The van der Waals surface area contributed by atoms with Crippen molar-refractivity contribution in [1.29, 1.82) is 0 Å². The van der Waals surface area contributed by atoms with Gasteiger partial charge in [0, 0.05) is 19.0 Å². The number of rotatable bonds is 4. The average molecular weight is 262 g/mol. The van der Waals surface area contributed by atoms with Crippen LogP contribution in [0.15, 0.2) is 24.3 Å². The van der Waals surface area contributed by atoms with Gasteiger partial charge in [0.1, 0.15) is 5.75 Å². The largest absolute Gasteiger partial charge is 0.493 e. The first kappa shape index (κ1) is 13.4. The highest BCUT2D eigenvalue weighted by atomic mass is 16.5. The highest BCUT2D eigenvalue weighted by molar-refractivity contribution is 5.97. The zero-order valence-corrected chi connectivity index (χ0v) is 10.9. The molecule has 102 valence electrons. The lowest BCUT2D eigenvalue weighted by Crippen LogP contribution is -2.47. The average Bonchev–Trinajstić information content (AvgIpc) is 2.42. The summed E-state index contributed by atoms with van der Waals surface area (Å²) in [5.41, 5.74) is 0.529. The maximum absolute atomic E-state index is 12.2. The van der Waals surface area contributed by atoms with E-state index in [1.807, 2.05) is 13.0 Å². The molecule has 2 amide bonds. The molecule has 2 N–H and O–H groups in total. The van der Waals surface area contributed by atoms with Crippen molar-refractivity contribution < 1.29 is 14.3 Å². The first-order valence-electron chi connectivity index (χ1n) is 6.50. The van der Waals surface area contributed by atoms with Gasteiger partial charge in [-0.1, -0.05) is 12.1 Å². The third-order valence-corrected chi connectivity index (χ3v) is 3.03. The van der Waals surface area contributed by atoms with Crippen molar-refractivity contribution in [3.05, 3.63) is 29.8 Å². The summed E-state index contributed by atoms with van der Waals surface area (Å²) in [5, 5.41) is 5.66. The van der Waals surface area contributed by atoms with Crippen LogP contribution in [-0.4, -0.2) is 31.0 Å². The van der Waals surface area contributed by atoms with Gasteiger partial charge in [0.25, 0.3) is 5.91 Å². The molecule has 1 saturated heterocycles. The van der Waals surface area contributed by atoms with Crippen molar-refractivity contribution in [1.82, 2.24) is 10.6 Å².